The summed E-state index contributed by atoms with van der Waals surface area (Å²) in [6, 6.07) is 7.28. The first kappa shape index (κ1) is 13.1. The van der Waals surface area contributed by atoms with Gasteiger partial charge in [0, 0.05) is 12.2 Å². The maximum Gasteiger partial charge on any atom is 0.241 e. The second-order valence-electron chi connectivity index (χ2n) is 4.25. The highest BCUT2D eigenvalue weighted by Crippen LogP contribution is 2.30. The van der Waals surface area contributed by atoms with E-state index in [0.717, 1.165) is 24.1 Å². The molecule has 0 N–H and O–H groups in total. The Labute approximate surface area is 111 Å². The fourth-order valence-electron chi connectivity index (χ4n) is 2.22. The molecule has 5 heteroatoms. The monoisotopic (exact) mass is 258 g/mol. The van der Waals surface area contributed by atoms with E-state index in [9.17, 15) is 9.59 Å². The minimum atomic E-state index is -0.176. The van der Waals surface area contributed by atoms with Crippen molar-refractivity contribution in [3.05, 3.63) is 23.8 Å². The average molecular weight is 258 g/mol. The van der Waals surface area contributed by atoms with Crippen LogP contribution < -0.4 is 9.64 Å². The maximum atomic E-state index is 11.8. The Hall–Kier alpha value is -2.35. The molecule has 0 aliphatic carbocycles. The SMILES string of the molecule is N#CCC(=O)N1CCCc2cc(OCC=O)ccc21. The van der Waals surface area contributed by atoms with Crippen molar-refractivity contribution < 1.29 is 14.3 Å². The Kier molecular flexibility index (Phi) is 4.14. The summed E-state index contributed by atoms with van der Waals surface area (Å²) in [6.07, 6.45) is 2.32. The molecule has 1 aliphatic heterocycles. The van der Waals surface area contributed by atoms with Gasteiger partial charge in [-0.05, 0) is 36.6 Å². The van der Waals surface area contributed by atoms with Crippen LogP contribution >= 0.6 is 0 Å². The summed E-state index contributed by atoms with van der Waals surface area (Å²) in [5.74, 6) is 0.449. The molecule has 0 unspecified atom stereocenters. The molecule has 1 amide bonds. The largest absolute Gasteiger partial charge is 0.486 e. The molecule has 0 aromatic heterocycles. The van der Waals surface area contributed by atoms with Crippen molar-refractivity contribution in [1.29, 1.82) is 5.26 Å². The minimum Gasteiger partial charge on any atom is -0.486 e. The Balaban J connectivity index is 2.23. The Morgan fingerprint density at radius 3 is 3.11 bits per heavy atom. The highest BCUT2D eigenvalue weighted by Gasteiger charge is 2.22. The van der Waals surface area contributed by atoms with E-state index in [4.69, 9.17) is 10.00 Å². The van der Waals surface area contributed by atoms with Crippen LogP contribution in [0.5, 0.6) is 5.75 Å². The van der Waals surface area contributed by atoms with Gasteiger partial charge in [-0.3, -0.25) is 9.59 Å². The van der Waals surface area contributed by atoms with Crippen LogP contribution in [0.1, 0.15) is 18.4 Å². The first-order valence-electron chi connectivity index (χ1n) is 6.13. The number of carbonyl (C=O) groups excluding carboxylic acids is 2. The second kappa shape index (κ2) is 6.01. The summed E-state index contributed by atoms with van der Waals surface area (Å²) in [5, 5.41) is 8.61. The summed E-state index contributed by atoms with van der Waals surface area (Å²) < 4.78 is 5.24. The topological polar surface area (TPSA) is 70.4 Å². The summed E-state index contributed by atoms with van der Waals surface area (Å²) in [5.41, 5.74) is 1.85. The number of aldehydes is 1. The van der Waals surface area contributed by atoms with Gasteiger partial charge in [0.05, 0.1) is 6.07 Å². The van der Waals surface area contributed by atoms with Crippen LogP contribution in [0.15, 0.2) is 18.2 Å². The van der Waals surface area contributed by atoms with E-state index in [0.29, 0.717) is 18.6 Å². The number of ether oxygens (including phenoxy) is 1. The molecule has 0 bridgehead atoms. The van der Waals surface area contributed by atoms with E-state index in [2.05, 4.69) is 0 Å². The molecule has 1 aliphatic rings. The Bertz CT molecular complexity index is 534. The standard InChI is InChI=1S/C14H14N2O3/c15-6-5-14(18)16-7-1-2-11-10-12(19-9-8-17)3-4-13(11)16/h3-4,8,10H,1-2,5,7,9H2. The maximum absolute atomic E-state index is 11.8. The van der Waals surface area contributed by atoms with Crippen molar-refractivity contribution in [2.24, 2.45) is 0 Å². The van der Waals surface area contributed by atoms with Crippen molar-refractivity contribution in [2.45, 2.75) is 19.3 Å². The number of anilines is 1. The van der Waals surface area contributed by atoms with Crippen molar-refractivity contribution in [2.75, 3.05) is 18.1 Å². The molecule has 0 saturated carbocycles. The number of nitriles is 1. The van der Waals surface area contributed by atoms with Crippen molar-refractivity contribution >= 4 is 17.9 Å². The van der Waals surface area contributed by atoms with Gasteiger partial charge in [-0.2, -0.15) is 5.26 Å². The molecule has 1 aromatic rings. The first-order chi connectivity index (χ1) is 9.26. The van der Waals surface area contributed by atoms with Crippen molar-refractivity contribution in [1.82, 2.24) is 0 Å². The number of fused-ring (bicyclic) bond motifs is 1. The third-order valence-corrected chi connectivity index (χ3v) is 3.02. The van der Waals surface area contributed by atoms with Gasteiger partial charge < -0.3 is 9.64 Å². The minimum absolute atomic E-state index is 0.0237. The lowest BCUT2D eigenvalue weighted by Crippen LogP contribution is -2.35. The fraction of sp³-hybridized carbons (Fsp3) is 0.357. The average Bonchev–Trinajstić information content (AvgIpc) is 2.44. The predicted molar refractivity (Wildman–Crippen MR) is 68.9 cm³/mol. The lowest BCUT2D eigenvalue weighted by Gasteiger charge is -2.29. The van der Waals surface area contributed by atoms with Crippen LogP contribution in [0.3, 0.4) is 0 Å². The number of rotatable bonds is 4. The van der Waals surface area contributed by atoms with Crippen LogP contribution in [0.4, 0.5) is 5.69 Å². The molecule has 1 heterocycles. The summed E-state index contributed by atoms with van der Waals surface area (Å²) in [6.45, 7) is 0.665. The normalized spacial score (nSPS) is 13.3. The molecule has 2 rings (SSSR count). The number of hydrogen-bond donors (Lipinski definition) is 0. The predicted octanol–water partition coefficient (Wildman–Crippen LogP) is 1.46. The van der Waals surface area contributed by atoms with Crippen molar-refractivity contribution in [3.63, 3.8) is 0 Å². The smallest absolute Gasteiger partial charge is 0.241 e. The number of nitrogens with zero attached hydrogens (tertiary/aromatic N) is 2. The van der Waals surface area contributed by atoms with E-state index in [-0.39, 0.29) is 18.9 Å². The number of amides is 1. The van der Waals surface area contributed by atoms with Gasteiger partial charge in [0.15, 0.2) is 6.29 Å². The summed E-state index contributed by atoms with van der Waals surface area (Å²) in [7, 11) is 0. The van der Waals surface area contributed by atoms with Crippen LogP contribution in [0, 0.1) is 11.3 Å². The van der Waals surface area contributed by atoms with Gasteiger partial charge in [-0.25, -0.2) is 0 Å². The van der Waals surface area contributed by atoms with Crippen LogP contribution in [-0.4, -0.2) is 25.3 Å². The molecular formula is C14H14N2O3. The zero-order valence-electron chi connectivity index (χ0n) is 10.5. The highest BCUT2D eigenvalue weighted by atomic mass is 16.5. The molecule has 98 valence electrons. The molecule has 19 heavy (non-hydrogen) atoms. The molecule has 0 radical (unpaired) electrons. The van der Waals surface area contributed by atoms with E-state index >= 15 is 0 Å². The Morgan fingerprint density at radius 2 is 2.37 bits per heavy atom. The summed E-state index contributed by atoms with van der Waals surface area (Å²) >= 11 is 0. The Morgan fingerprint density at radius 1 is 1.53 bits per heavy atom. The van der Waals surface area contributed by atoms with Gasteiger partial charge in [-0.1, -0.05) is 0 Å². The number of benzene rings is 1. The van der Waals surface area contributed by atoms with Gasteiger partial charge in [-0.15, -0.1) is 0 Å². The second-order valence-corrected chi connectivity index (χ2v) is 4.25. The lowest BCUT2D eigenvalue weighted by atomic mass is 10.0. The molecule has 0 fully saturated rings. The molecule has 0 atom stereocenters. The van der Waals surface area contributed by atoms with Gasteiger partial charge in [0.2, 0.25) is 5.91 Å². The molecule has 5 nitrogen and oxygen atoms in total. The third-order valence-electron chi connectivity index (χ3n) is 3.02. The molecule has 0 spiro atoms. The molecule has 1 aromatic carbocycles. The summed E-state index contributed by atoms with van der Waals surface area (Å²) in [4.78, 5) is 23.8. The van der Waals surface area contributed by atoms with Crippen LogP contribution in [0.25, 0.3) is 0 Å². The molecule has 0 saturated heterocycles. The van der Waals surface area contributed by atoms with Gasteiger partial charge >= 0.3 is 0 Å². The van der Waals surface area contributed by atoms with Crippen LogP contribution in [0.2, 0.25) is 0 Å². The zero-order valence-corrected chi connectivity index (χ0v) is 10.5. The quantitative estimate of drug-likeness (QED) is 0.766. The van der Waals surface area contributed by atoms with Crippen molar-refractivity contribution in [3.8, 4) is 11.8 Å². The third kappa shape index (κ3) is 2.91. The number of carbonyl (C=O) groups is 2. The zero-order chi connectivity index (χ0) is 13.7. The van der Waals surface area contributed by atoms with E-state index < -0.39 is 0 Å². The lowest BCUT2D eigenvalue weighted by molar-refractivity contribution is -0.117. The van der Waals surface area contributed by atoms with Crippen LogP contribution in [-0.2, 0) is 16.0 Å². The van der Waals surface area contributed by atoms with E-state index in [1.807, 2.05) is 18.2 Å². The highest BCUT2D eigenvalue weighted by molar-refractivity contribution is 5.95. The number of aryl methyl sites for hydroxylation is 1. The fourth-order valence-corrected chi connectivity index (χ4v) is 2.22. The van der Waals surface area contributed by atoms with Gasteiger partial charge in [0.25, 0.3) is 0 Å². The first-order valence-corrected chi connectivity index (χ1v) is 6.13. The van der Waals surface area contributed by atoms with E-state index in [1.54, 1.807) is 11.0 Å². The number of hydrogen-bond acceptors (Lipinski definition) is 4. The van der Waals surface area contributed by atoms with Gasteiger partial charge in [0.1, 0.15) is 18.8 Å². The molecular weight excluding hydrogens is 244 g/mol. The van der Waals surface area contributed by atoms with E-state index in [1.165, 1.54) is 0 Å².